The Kier molecular flexibility index (Phi) is 4.35. The minimum atomic E-state index is -0.515. The number of hydrogen-bond acceptors (Lipinski definition) is 3. The van der Waals surface area contributed by atoms with Crippen LogP contribution in [0.4, 0.5) is 4.39 Å². The van der Waals surface area contributed by atoms with Gasteiger partial charge in [0.25, 0.3) is 0 Å². The van der Waals surface area contributed by atoms with Crippen LogP contribution in [0.3, 0.4) is 0 Å². The van der Waals surface area contributed by atoms with E-state index >= 15 is 0 Å². The molecule has 1 fully saturated rings. The van der Waals surface area contributed by atoms with E-state index in [-0.39, 0.29) is 29.4 Å². The molecule has 0 spiro atoms. The summed E-state index contributed by atoms with van der Waals surface area (Å²) >= 11 is 5.66. The summed E-state index contributed by atoms with van der Waals surface area (Å²) in [7, 11) is 0. The molecule has 1 heterocycles. The lowest BCUT2D eigenvalue weighted by molar-refractivity contribution is -0.123. The van der Waals surface area contributed by atoms with Gasteiger partial charge in [0.2, 0.25) is 5.91 Å². The van der Waals surface area contributed by atoms with Crippen molar-refractivity contribution >= 4 is 17.5 Å². The predicted molar refractivity (Wildman–Crippen MR) is 68.8 cm³/mol. The van der Waals surface area contributed by atoms with Crippen LogP contribution < -0.4 is 10.6 Å². The van der Waals surface area contributed by atoms with Crippen LogP contribution in [0.1, 0.15) is 12.0 Å². The van der Waals surface area contributed by atoms with Gasteiger partial charge in [-0.2, -0.15) is 5.26 Å². The number of benzene rings is 1. The second-order valence-electron chi connectivity index (χ2n) is 4.45. The molecule has 2 rings (SSSR count). The maximum Gasteiger partial charge on any atom is 0.237 e. The van der Waals surface area contributed by atoms with Crippen molar-refractivity contribution in [2.75, 3.05) is 6.54 Å². The fraction of sp³-hybridized carbons (Fsp3) is 0.385. The molecule has 0 radical (unpaired) electrons. The van der Waals surface area contributed by atoms with Gasteiger partial charge in [-0.05, 0) is 12.5 Å². The van der Waals surface area contributed by atoms with E-state index in [0.717, 1.165) is 0 Å². The zero-order valence-electron chi connectivity index (χ0n) is 10.1. The van der Waals surface area contributed by atoms with Gasteiger partial charge >= 0.3 is 0 Å². The van der Waals surface area contributed by atoms with Gasteiger partial charge in [0.15, 0.2) is 0 Å². The third-order valence-electron chi connectivity index (χ3n) is 3.11. The summed E-state index contributed by atoms with van der Waals surface area (Å²) in [4.78, 5) is 11.8. The molecule has 1 aliphatic rings. The van der Waals surface area contributed by atoms with Crippen molar-refractivity contribution in [3.8, 4) is 6.07 Å². The minimum absolute atomic E-state index is 0.0373. The molecule has 0 saturated carbocycles. The molecular weight excluding hydrogens is 269 g/mol. The molecule has 6 heteroatoms. The van der Waals surface area contributed by atoms with Gasteiger partial charge < -0.3 is 10.6 Å². The Morgan fingerprint density at radius 2 is 2.42 bits per heavy atom. The molecule has 0 aromatic heterocycles. The predicted octanol–water partition coefficient (Wildman–Crippen LogP) is 1.60. The van der Waals surface area contributed by atoms with Gasteiger partial charge in [-0.15, -0.1) is 0 Å². The van der Waals surface area contributed by atoms with Crippen molar-refractivity contribution in [3.05, 3.63) is 34.6 Å². The van der Waals surface area contributed by atoms with Gasteiger partial charge in [-0.25, -0.2) is 4.39 Å². The van der Waals surface area contributed by atoms with Crippen molar-refractivity contribution < 1.29 is 9.18 Å². The molecule has 0 unspecified atom stereocenters. The minimum Gasteiger partial charge on any atom is -0.351 e. The average molecular weight is 282 g/mol. The van der Waals surface area contributed by atoms with E-state index in [1.54, 1.807) is 12.1 Å². The molecule has 1 aromatic rings. The molecular formula is C13H13ClFN3O. The molecule has 1 saturated heterocycles. The average Bonchev–Trinajstić information content (AvgIpc) is 2.89. The number of halogens is 2. The standard InChI is InChI=1S/C13H13ClFN3O/c14-10-3-1-2-9(12(10)15)7-18-13(19)11-4-8(5-16)6-17-11/h1-3,8,11,17H,4,6-7H2,(H,18,19)/t8-,11+/m1/s1. The highest BCUT2D eigenvalue weighted by atomic mass is 35.5. The van der Waals surface area contributed by atoms with E-state index in [9.17, 15) is 9.18 Å². The highest BCUT2D eigenvalue weighted by molar-refractivity contribution is 6.30. The van der Waals surface area contributed by atoms with Crippen LogP contribution in [-0.2, 0) is 11.3 Å². The quantitative estimate of drug-likeness (QED) is 0.884. The van der Waals surface area contributed by atoms with Crippen molar-refractivity contribution in [1.82, 2.24) is 10.6 Å². The van der Waals surface area contributed by atoms with E-state index in [0.29, 0.717) is 18.5 Å². The fourth-order valence-electron chi connectivity index (χ4n) is 2.02. The number of rotatable bonds is 3. The number of hydrogen-bond donors (Lipinski definition) is 2. The molecule has 0 bridgehead atoms. The third-order valence-corrected chi connectivity index (χ3v) is 3.41. The molecule has 100 valence electrons. The first-order valence-electron chi connectivity index (χ1n) is 5.95. The first-order valence-corrected chi connectivity index (χ1v) is 6.33. The fourth-order valence-corrected chi connectivity index (χ4v) is 2.22. The van der Waals surface area contributed by atoms with Crippen LogP contribution in [0.2, 0.25) is 5.02 Å². The molecule has 0 aliphatic carbocycles. The van der Waals surface area contributed by atoms with Crippen molar-refractivity contribution in [3.63, 3.8) is 0 Å². The van der Waals surface area contributed by atoms with Crippen LogP contribution in [0.15, 0.2) is 18.2 Å². The van der Waals surface area contributed by atoms with Crippen LogP contribution in [0.5, 0.6) is 0 Å². The Morgan fingerprint density at radius 3 is 3.11 bits per heavy atom. The first-order chi connectivity index (χ1) is 9.11. The molecule has 2 N–H and O–H groups in total. The maximum absolute atomic E-state index is 13.6. The number of amides is 1. The Labute approximate surface area is 115 Å². The lowest BCUT2D eigenvalue weighted by Crippen LogP contribution is -2.40. The largest absolute Gasteiger partial charge is 0.351 e. The second-order valence-corrected chi connectivity index (χ2v) is 4.86. The van der Waals surface area contributed by atoms with Gasteiger partial charge in [0, 0.05) is 18.7 Å². The summed E-state index contributed by atoms with van der Waals surface area (Å²) in [5, 5.41) is 14.4. The van der Waals surface area contributed by atoms with E-state index in [2.05, 4.69) is 16.7 Å². The monoisotopic (exact) mass is 281 g/mol. The summed E-state index contributed by atoms with van der Waals surface area (Å²) in [6, 6.07) is 6.40. The van der Waals surface area contributed by atoms with Crippen LogP contribution in [0.25, 0.3) is 0 Å². The number of nitriles is 1. The lowest BCUT2D eigenvalue weighted by Gasteiger charge is -2.11. The summed E-state index contributed by atoms with van der Waals surface area (Å²) in [5.74, 6) is -0.880. The summed E-state index contributed by atoms with van der Waals surface area (Å²) < 4.78 is 13.6. The Balaban J connectivity index is 1.91. The molecule has 2 atom stereocenters. The van der Waals surface area contributed by atoms with Gasteiger partial charge in [-0.1, -0.05) is 23.7 Å². The molecule has 1 amide bonds. The zero-order chi connectivity index (χ0) is 13.8. The zero-order valence-corrected chi connectivity index (χ0v) is 10.9. The topological polar surface area (TPSA) is 64.9 Å². The number of nitrogens with zero attached hydrogens (tertiary/aromatic N) is 1. The van der Waals surface area contributed by atoms with E-state index < -0.39 is 5.82 Å². The number of nitrogens with one attached hydrogen (secondary N) is 2. The van der Waals surface area contributed by atoms with Crippen LogP contribution >= 0.6 is 11.6 Å². The van der Waals surface area contributed by atoms with Gasteiger partial charge in [0.05, 0.1) is 23.1 Å². The maximum atomic E-state index is 13.6. The SMILES string of the molecule is N#C[C@@H]1CN[C@H](C(=O)NCc2cccc(Cl)c2F)C1. The van der Waals surface area contributed by atoms with Crippen LogP contribution in [0, 0.1) is 23.1 Å². The van der Waals surface area contributed by atoms with Crippen LogP contribution in [-0.4, -0.2) is 18.5 Å². The Hall–Kier alpha value is -1.64. The summed E-state index contributed by atoms with van der Waals surface area (Å²) in [6.45, 7) is 0.598. The first kappa shape index (κ1) is 13.8. The highest BCUT2D eigenvalue weighted by Crippen LogP contribution is 2.18. The molecule has 19 heavy (non-hydrogen) atoms. The summed E-state index contributed by atoms with van der Waals surface area (Å²) in [6.07, 6.45) is 0.486. The highest BCUT2D eigenvalue weighted by Gasteiger charge is 2.29. The Morgan fingerprint density at radius 1 is 1.63 bits per heavy atom. The third kappa shape index (κ3) is 3.22. The van der Waals surface area contributed by atoms with Crippen molar-refractivity contribution in [2.24, 2.45) is 5.92 Å². The van der Waals surface area contributed by atoms with E-state index in [1.165, 1.54) is 6.07 Å². The molecule has 1 aliphatic heterocycles. The smallest absolute Gasteiger partial charge is 0.237 e. The lowest BCUT2D eigenvalue weighted by atomic mass is 10.1. The Bertz CT molecular complexity index is 529. The second kappa shape index (κ2) is 6.00. The van der Waals surface area contributed by atoms with Crippen molar-refractivity contribution in [2.45, 2.75) is 19.0 Å². The molecule has 4 nitrogen and oxygen atoms in total. The number of carbonyl (C=O) groups is 1. The van der Waals surface area contributed by atoms with Crippen molar-refractivity contribution in [1.29, 1.82) is 5.26 Å². The van der Waals surface area contributed by atoms with E-state index in [4.69, 9.17) is 16.9 Å². The molecule has 1 aromatic carbocycles. The van der Waals surface area contributed by atoms with Gasteiger partial charge in [-0.3, -0.25) is 4.79 Å². The summed E-state index contributed by atoms with van der Waals surface area (Å²) in [5.41, 5.74) is 0.343. The normalized spacial score (nSPS) is 21.9. The van der Waals surface area contributed by atoms with Gasteiger partial charge in [0.1, 0.15) is 5.82 Å². The number of carbonyl (C=O) groups excluding carboxylic acids is 1. The van der Waals surface area contributed by atoms with E-state index in [1.807, 2.05) is 0 Å².